The van der Waals surface area contributed by atoms with E-state index in [1.807, 2.05) is 86.6 Å². The van der Waals surface area contributed by atoms with Gasteiger partial charge in [0, 0.05) is 11.9 Å². The Kier molecular flexibility index (Phi) is 5.20. The predicted octanol–water partition coefficient (Wildman–Crippen LogP) is 4.40. The van der Waals surface area contributed by atoms with Crippen molar-refractivity contribution in [3.8, 4) is 5.82 Å². The highest BCUT2D eigenvalue weighted by atomic mass is 16.1. The summed E-state index contributed by atoms with van der Waals surface area (Å²) in [6.07, 6.45) is 1.59. The number of amides is 1. The molecule has 4 aromatic rings. The quantitative estimate of drug-likeness (QED) is 0.556. The largest absolute Gasteiger partial charge is 0.341 e. The first-order valence-electron chi connectivity index (χ1n) is 9.52. The minimum atomic E-state index is -0.236. The zero-order chi connectivity index (χ0) is 20.2. The molecule has 1 N–H and O–H groups in total. The van der Waals surface area contributed by atoms with Crippen molar-refractivity contribution >= 4 is 5.91 Å². The van der Waals surface area contributed by atoms with Gasteiger partial charge in [0.15, 0.2) is 5.82 Å². The molecule has 0 aliphatic heterocycles. The Morgan fingerprint density at radius 3 is 2.00 bits per heavy atom. The molecule has 5 heteroatoms. The number of hydrogen-bond acceptors (Lipinski definition) is 3. The molecule has 2 heterocycles. The second-order valence-corrected chi connectivity index (χ2v) is 6.97. The monoisotopic (exact) mass is 382 g/mol. The molecule has 0 unspecified atom stereocenters. The minimum Gasteiger partial charge on any atom is -0.341 e. The Bertz CT molecular complexity index is 1060. The molecular weight excluding hydrogens is 360 g/mol. The van der Waals surface area contributed by atoms with Gasteiger partial charge in [-0.3, -0.25) is 4.79 Å². The summed E-state index contributed by atoms with van der Waals surface area (Å²) in [5.74, 6) is 0.518. The highest BCUT2D eigenvalue weighted by Gasteiger charge is 2.18. The van der Waals surface area contributed by atoms with Crippen LogP contribution in [-0.4, -0.2) is 20.7 Å². The number of pyridine rings is 1. The fourth-order valence-electron chi connectivity index (χ4n) is 3.37. The third-order valence-corrected chi connectivity index (χ3v) is 4.78. The fraction of sp³-hybridized carbons (Fsp3) is 0.125. The molecule has 144 valence electrons. The highest BCUT2D eigenvalue weighted by Crippen LogP contribution is 2.22. The van der Waals surface area contributed by atoms with E-state index in [0.29, 0.717) is 11.4 Å². The number of carbonyl (C=O) groups excluding carboxylic acids is 1. The lowest BCUT2D eigenvalue weighted by atomic mass is 9.98. The van der Waals surface area contributed by atoms with Crippen LogP contribution in [-0.2, 0) is 0 Å². The number of carbonyl (C=O) groups is 1. The van der Waals surface area contributed by atoms with Gasteiger partial charge in [0.2, 0.25) is 0 Å². The van der Waals surface area contributed by atoms with Gasteiger partial charge in [0.25, 0.3) is 5.91 Å². The molecule has 0 atom stereocenters. The van der Waals surface area contributed by atoms with Gasteiger partial charge in [0.05, 0.1) is 17.3 Å². The molecule has 0 fully saturated rings. The summed E-state index contributed by atoms with van der Waals surface area (Å²) in [4.78, 5) is 17.4. The van der Waals surface area contributed by atoms with Crippen molar-refractivity contribution in [1.82, 2.24) is 20.1 Å². The van der Waals surface area contributed by atoms with E-state index in [9.17, 15) is 4.79 Å². The van der Waals surface area contributed by atoms with E-state index >= 15 is 0 Å². The van der Waals surface area contributed by atoms with Crippen molar-refractivity contribution in [2.45, 2.75) is 19.9 Å². The molecule has 4 rings (SSSR count). The highest BCUT2D eigenvalue weighted by molar-refractivity contribution is 5.94. The first-order chi connectivity index (χ1) is 14.1. The Balaban J connectivity index is 1.59. The zero-order valence-corrected chi connectivity index (χ0v) is 16.4. The minimum absolute atomic E-state index is 0.171. The van der Waals surface area contributed by atoms with E-state index in [-0.39, 0.29) is 11.9 Å². The first kappa shape index (κ1) is 18.6. The van der Waals surface area contributed by atoms with E-state index in [2.05, 4.69) is 15.4 Å². The number of aryl methyl sites for hydroxylation is 2. The Morgan fingerprint density at radius 2 is 1.52 bits per heavy atom. The predicted molar refractivity (Wildman–Crippen MR) is 113 cm³/mol. The van der Waals surface area contributed by atoms with Crippen LogP contribution in [0.3, 0.4) is 0 Å². The lowest BCUT2D eigenvalue weighted by Gasteiger charge is -2.20. The molecule has 0 spiro atoms. The molecule has 0 saturated carbocycles. The number of nitrogens with zero attached hydrogens (tertiary/aromatic N) is 3. The molecule has 0 aliphatic rings. The van der Waals surface area contributed by atoms with E-state index < -0.39 is 0 Å². The summed E-state index contributed by atoms with van der Waals surface area (Å²) in [5.41, 5.74) is 4.49. The fourth-order valence-corrected chi connectivity index (χ4v) is 3.37. The Hall–Kier alpha value is -3.73. The maximum absolute atomic E-state index is 12.9. The molecule has 0 bridgehead atoms. The number of hydrogen-bond donors (Lipinski definition) is 1. The molecule has 0 radical (unpaired) electrons. The SMILES string of the molecule is Cc1cc(C)n(-c2ccc(C(=O)NC(c3ccccc3)c3ccccc3)cn2)n1. The number of nitrogens with one attached hydrogen (secondary N) is 1. The molecule has 0 aliphatic carbocycles. The van der Waals surface area contributed by atoms with Gasteiger partial charge in [-0.2, -0.15) is 5.10 Å². The van der Waals surface area contributed by atoms with Crippen LogP contribution in [0.4, 0.5) is 0 Å². The summed E-state index contributed by atoms with van der Waals surface area (Å²) in [7, 11) is 0. The van der Waals surface area contributed by atoms with Crippen LogP contribution in [0.15, 0.2) is 85.1 Å². The average molecular weight is 382 g/mol. The van der Waals surface area contributed by atoms with E-state index in [1.165, 1.54) is 0 Å². The maximum atomic E-state index is 12.9. The van der Waals surface area contributed by atoms with Crippen LogP contribution in [0.2, 0.25) is 0 Å². The first-order valence-corrected chi connectivity index (χ1v) is 9.52. The average Bonchev–Trinajstić information content (AvgIpc) is 3.11. The molecule has 5 nitrogen and oxygen atoms in total. The third-order valence-electron chi connectivity index (χ3n) is 4.78. The van der Waals surface area contributed by atoms with Crippen molar-refractivity contribution in [3.05, 3.63) is 113 Å². The summed E-state index contributed by atoms with van der Waals surface area (Å²) in [6.45, 7) is 3.92. The van der Waals surface area contributed by atoms with E-state index in [0.717, 1.165) is 22.5 Å². The normalized spacial score (nSPS) is 10.9. The topological polar surface area (TPSA) is 59.8 Å². The Morgan fingerprint density at radius 1 is 0.897 bits per heavy atom. The number of aromatic nitrogens is 3. The van der Waals surface area contributed by atoms with Crippen LogP contribution in [0, 0.1) is 13.8 Å². The van der Waals surface area contributed by atoms with Crippen molar-refractivity contribution in [2.24, 2.45) is 0 Å². The lowest BCUT2D eigenvalue weighted by Crippen LogP contribution is -2.29. The molecule has 1 amide bonds. The molecule has 0 saturated heterocycles. The summed E-state index contributed by atoms with van der Waals surface area (Å²) in [5, 5.41) is 7.58. The third kappa shape index (κ3) is 4.09. The van der Waals surface area contributed by atoms with Gasteiger partial charge in [-0.1, -0.05) is 60.7 Å². The van der Waals surface area contributed by atoms with E-state index in [1.54, 1.807) is 16.9 Å². The van der Waals surface area contributed by atoms with Crippen molar-refractivity contribution < 1.29 is 4.79 Å². The molecule has 2 aromatic carbocycles. The van der Waals surface area contributed by atoms with Gasteiger partial charge in [-0.15, -0.1) is 0 Å². The van der Waals surface area contributed by atoms with Crippen molar-refractivity contribution in [3.63, 3.8) is 0 Å². The lowest BCUT2D eigenvalue weighted by molar-refractivity contribution is 0.0942. The second kappa shape index (κ2) is 8.10. The van der Waals surface area contributed by atoms with Crippen LogP contribution < -0.4 is 5.32 Å². The van der Waals surface area contributed by atoms with E-state index in [4.69, 9.17) is 0 Å². The maximum Gasteiger partial charge on any atom is 0.253 e. The molecular formula is C24H22N4O. The van der Waals surface area contributed by atoms with Crippen LogP contribution >= 0.6 is 0 Å². The molecule has 29 heavy (non-hydrogen) atoms. The smallest absolute Gasteiger partial charge is 0.253 e. The summed E-state index contributed by atoms with van der Waals surface area (Å²) < 4.78 is 1.77. The zero-order valence-electron chi connectivity index (χ0n) is 16.4. The van der Waals surface area contributed by atoms with Gasteiger partial charge < -0.3 is 5.32 Å². The van der Waals surface area contributed by atoms with Crippen molar-refractivity contribution in [1.29, 1.82) is 0 Å². The number of rotatable bonds is 5. The standard InChI is InChI=1S/C24H22N4O/c1-17-15-18(2)28(27-17)22-14-13-21(16-25-22)24(29)26-23(19-9-5-3-6-10-19)20-11-7-4-8-12-20/h3-16,23H,1-2H3,(H,26,29). The second-order valence-electron chi connectivity index (χ2n) is 6.97. The summed E-state index contributed by atoms with van der Waals surface area (Å²) >= 11 is 0. The Labute approximate surface area is 170 Å². The van der Waals surface area contributed by atoms with Gasteiger partial charge in [0.1, 0.15) is 0 Å². The van der Waals surface area contributed by atoms with Gasteiger partial charge in [-0.25, -0.2) is 9.67 Å². The van der Waals surface area contributed by atoms with Crippen molar-refractivity contribution in [2.75, 3.05) is 0 Å². The van der Waals surface area contributed by atoms with Crippen LogP contribution in [0.1, 0.15) is 38.9 Å². The van der Waals surface area contributed by atoms with Gasteiger partial charge >= 0.3 is 0 Å². The summed E-state index contributed by atoms with van der Waals surface area (Å²) in [6, 6.07) is 25.2. The van der Waals surface area contributed by atoms with Crippen LogP contribution in [0.5, 0.6) is 0 Å². The molecule has 2 aromatic heterocycles. The van der Waals surface area contributed by atoms with Crippen LogP contribution in [0.25, 0.3) is 5.82 Å². The van der Waals surface area contributed by atoms with Gasteiger partial charge in [-0.05, 0) is 43.2 Å². The number of benzene rings is 2.